The molecule has 0 radical (unpaired) electrons. The van der Waals surface area contributed by atoms with Gasteiger partial charge in [0.15, 0.2) is 0 Å². The molecule has 0 unspecified atom stereocenters. The minimum absolute atomic E-state index is 1.01. The van der Waals surface area contributed by atoms with E-state index >= 15 is 0 Å². The number of aryl methyl sites for hydroxylation is 1. The van der Waals surface area contributed by atoms with Crippen LogP contribution in [0.3, 0.4) is 0 Å². The molecule has 0 N–H and O–H groups in total. The molecule has 0 aliphatic rings. The van der Waals surface area contributed by atoms with Gasteiger partial charge in [0.2, 0.25) is 0 Å². The first-order valence-electron chi connectivity index (χ1n) is 4.33. The summed E-state index contributed by atoms with van der Waals surface area (Å²) in [7, 11) is 0. The molecule has 0 spiro atoms. The van der Waals surface area contributed by atoms with Crippen molar-refractivity contribution in [2.75, 3.05) is 0 Å². The lowest BCUT2D eigenvalue weighted by molar-refractivity contribution is 1.32. The number of hydrogen-bond acceptors (Lipinski definition) is 2. The molecule has 2 aromatic heterocycles. The Morgan fingerprint density at radius 3 is 2.50 bits per heavy atom. The van der Waals surface area contributed by atoms with Crippen molar-refractivity contribution >= 4 is 11.3 Å². The highest BCUT2D eigenvalue weighted by molar-refractivity contribution is 7.12. The Hall–Kier alpha value is -1.59. The molecule has 1 nitrogen and oxygen atoms in total. The minimum Gasteiger partial charge on any atom is -0.265 e. The molecule has 2 rings (SSSR count). The molecule has 0 aliphatic heterocycles. The normalized spacial score (nSPS) is 9.21. The molecule has 0 amide bonds. The van der Waals surface area contributed by atoms with Crippen molar-refractivity contribution in [2.24, 2.45) is 0 Å². The smallest absolute Gasteiger partial charge is 0.0775 e. The van der Waals surface area contributed by atoms with E-state index < -0.39 is 0 Å². The van der Waals surface area contributed by atoms with E-state index in [1.807, 2.05) is 18.2 Å². The van der Waals surface area contributed by atoms with E-state index in [1.54, 1.807) is 23.7 Å². The molecule has 2 heterocycles. The summed E-state index contributed by atoms with van der Waals surface area (Å²) in [6.07, 6.45) is 3.51. The molecular formula is C12H9NS. The highest BCUT2D eigenvalue weighted by atomic mass is 32.1. The van der Waals surface area contributed by atoms with Crippen LogP contribution >= 0.6 is 11.3 Å². The first kappa shape index (κ1) is 8.98. The second-order valence-corrected chi connectivity index (χ2v) is 4.18. The van der Waals surface area contributed by atoms with Gasteiger partial charge in [0.25, 0.3) is 0 Å². The van der Waals surface area contributed by atoms with Crippen LogP contribution in [0.4, 0.5) is 0 Å². The minimum atomic E-state index is 1.01. The average molecular weight is 199 g/mol. The van der Waals surface area contributed by atoms with Crippen molar-refractivity contribution < 1.29 is 0 Å². The Morgan fingerprint density at radius 1 is 1.07 bits per heavy atom. The number of pyridine rings is 1. The highest BCUT2D eigenvalue weighted by Gasteiger charge is 1.90. The maximum atomic E-state index is 3.94. The number of rotatable bonds is 0. The van der Waals surface area contributed by atoms with Crippen molar-refractivity contribution in [3.8, 4) is 11.8 Å². The Kier molecular flexibility index (Phi) is 2.62. The molecule has 14 heavy (non-hydrogen) atoms. The van der Waals surface area contributed by atoms with Crippen molar-refractivity contribution in [2.45, 2.75) is 6.92 Å². The lowest BCUT2D eigenvalue weighted by Gasteiger charge is -1.84. The van der Waals surface area contributed by atoms with Crippen molar-refractivity contribution in [3.63, 3.8) is 0 Å². The number of nitrogens with zero attached hydrogens (tertiary/aromatic N) is 1. The Balaban J connectivity index is 2.23. The molecule has 0 aliphatic carbocycles. The molecule has 68 valence electrons. The fourth-order valence-corrected chi connectivity index (χ4v) is 1.79. The van der Waals surface area contributed by atoms with Gasteiger partial charge >= 0.3 is 0 Å². The van der Waals surface area contributed by atoms with E-state index in [0.717, 1.165) is 10.4 Å². The quantitative estimate of drug-likeness (QED) is 0.594. The molecule has 0 atom stereocenters. The van der Waals surface area contributed by atoms with Crippen LogP contribution in [-0.4, -0.2) is 4.98 Å². The Morgan fingerprint density at radius 2 is 1.86 bits per heavy atom. The molecule has 0 saturated carbocycles. The third kappa shape index (κ3) is 2.21. The molecule has 0 fully saturated rings. The second-order valence-electron chi connectivity index (χ2n) is 2.90. The van der Waals surface area contributed by atoms with Gasteiger partial charge in [-0.2, -0.15) is 0 Å². The second kappa shape index (κ2) is 4.08. The number of aromatic nitrogens is 1. The third-order valence-electron chi connectivity index (χ3n) is 1.75. The predicted molar refractivity (Wildman–Crippen MR) is 59.3 cm³/mol. The first-order valence-corrected chi connectivity index (χ1v) is 5.15. The topological polar surface area (TPSA) is 12.9 Å². The summed E-state index contributed by atoms with van der Waals surface area (Å²) < 4.78 is 0. The van der Waals surface area contributed by atoms with Gasteiger partial charge < -0.3 is 0 Å². The van der Waals surface area contributed by atoms with Crippen LogP contribution in [0, 0.1) is 18.8 Å². The predicted octanol–water partition coefficient (Wildman–Crippen LogP) is 2.85. The molecule has 0 bridgehead atoms. The van der Waals surface area contributed by atoms with Gasteiger partial charge in [0.05, 0.1) is 4.88 Å². The van der Waals surface area contributed by atoms with Gasteiger partial charge in [-0.25, -0.2) is 0 Å². The molecule has 0 saturated heterocycles. The SMILES string of the molecule is Cc1ccc(C#Cc2ccncc2)s1. The maximum absolute atomic E-state index is 3.94. The van der Waals surface area contributed by atoms with Crippen LogP contribution in [0.15, 0.2) is 36.7 Å². The summed E-state index contributed by atoms with van der Waals surface area (Å²) in [5, 5.41) is 0. The monoisotopic (exact) mass is 199 g/mol. The largest absolute Gasteiger partial charge is 0.265 e. The fraction of sp³-hybridized carbons (Fsp3) is 0.0833. The van der Waals surface area contributed by atoms with Gasteiger partial charge in [-0.3, -0.25) is 4.98 Å². The molecule has 0 aromatic carbocycles. The Bertz CT molecular complexity index is 474. The molecule has 2 aromatic rings. The average Bonchev–Trinajstić information content (AvgIpc) is 2.63. The lowest BCUT2D eigenvalue weighted by Crippen LogP contribution is -1.73. The van der Waals surface area contributed by atoms with Crippen LogP contribution in [0.2, 0.25) is 0 Å². The van der Waals surface area contributed by atoms with E-state index in [4.69, 9.17) is 0 Å². The summed E-state index contributed by atoms with van der Waals surface area (Å²) in [5.74, 6) is 6.22. The van der Waals surface area contributed by atoms with Crippen molar-refractivity contribution in [1.29, 1.82) is 0 Å². The zero-order chi connectivity index (χ0) is 9.80. The summed E-state index contributed by atoms with van der Waals surface area (Å²) in [4.78, 5) is 6.35. The van der Waals surface area contributed by atoms with Crippen molar-refractivity contribution in [1.82, 2.24) is 4.98 Å². The zero-order valence-corrected chi connectivity index (χ0v) is 8.64. The van der Waals surface area contributed by atoms with Crippen LogP contribution in [0.1, 0.15) is 15.3 Å². The standard InChI is InChI=1S/C12H9NS/c1-10-2-4-12(14-10)5-3-11-6-8-13-9-7-11/h2,4,6-9H,1H3. The number of hydrogen-bond donors (Lipinski definition) is 0. The van der Waals surface area contributed by atoms with E-state index in [0.29, 0.717) is 0 Å². The van der Waals surface area contributed by atoms with E-state index in [9.17, 15) is 0 Å². The van der Waals surface area contributed by atoms with Crippen molar-refractivity contribution in [3.05, 3.63) is 52.0 Å². The molecule has 2 heteroatoms. The first-order chi connectivity index (χ1) is 6.84. The van der Waals surface area contributed by atoms with Crippen LogP contribution < -0.4 is 0 Å². The van der Waals surface area contributed by atoms with Gasteiger partial charge in [0, 0.05) is 22.8 Å². The van der Waals surface area contributed by atoms with Crippen LogP contribution in [0.25, 0.3) is 0 Å². The van der Waals surface area contributed by atoms with Crippen LogP contribution in [-0.2, 0) is 0 Å². The van der Waals surface area contributed by atoms with Gasteiger partial charge in [-0.1, -0.05) is 11.8 Å². The van der Waals surface area contributed by atoms with E-state index in [1.165, 1.54) is 4.88 Å². The van der Waals surface area contributed by atoms with Crippen LogP contribution in [0.5, 0.6) is 0 Å². The maximum Gasteiger partial charge on any atom is 0.0775 e. The number of thiophene rings is 1. The van der Waals surface area contributed by atoms with E-state index in [-0.39, 0.29) is 0 Å². The zero-order valence-electron chi connectivity index (χ0n) is 7.82. The molecular weight excluding hydrogens is 190 g/mol. The summed E-state index contributed by atoms with van der Waals surface area (Å²) >= 11 is 1.72. The fourth-order valence-electron chi connectivity index (χ4n) is 1.07. The third-order valence-corrected chi connectivity index (χ3v) is 2.67. The summed E-state index contributed by atoms with van der Waals surface area (Å²) in [6, 6.07) is 7.95. The lowest BCUT2D eigenvalue weighted by atomic mass is 10.3. The van der Waals surface area contributed by atoms with Gasteiger partial charge in [-0.05, 0) is 31.2 Å². The highest BCUT2D eigenvalue weighted by Crippen LogP contribution is 2.13. The summed E-state index contributed by atoms with van der Waals surface area (Å²) in [6.45, 7) is 2.09. The van der Waals surface area contributed by atoms with Gasteiger partial charge in [0.1, 0.15) is 0 Å². The van der Waals surface area contributed by atoms with E-state index in [2.05, 4.69) is 29.8 Å². The van der Waals surface area contributed by atoms with Gasteiger partial charge in [-0.15, -0.1) is 11.3 Å². The summed E-state index contributed by atoms with van der Waals surface area (Å²) in [5.41, 5.74) is 1.01. The Labute approximate surface area is 87.4 Å².